The van der Waals surface area contributed by atoms with E-state index in [1.54, 1.807) is 24.3 Å². The van der Waals surface area contributed by atoms with Crippen molar-refractivity contribution in [2.75, 3.05) is 13.2 Å². The third-order valence-electron chi connectivity index (χ3n) is 10.4. The summed E-state index contributed by atoms with van der Waals surface area (Å²) < 4.78 is 11.6. The van der Waals surface area contributed by atoms with Gasteiger partial charge in [-0.05, 0) is 37.1 Å². The van der Waals surface area contributed by atoms with Crippen LogP contribution in [0, 0.1) is 0 Å². The largest absolute Gasteiger partial charge is 0.507 e. The fourth-order valence-electron chi connectivity index (χ4n) is 6.88. The van der Waals surface area contributed by atoms with Gasteiger partial charge in [0.1, 0.15) is 23.0 Å². The van der Waals surface area contributed by atoms with Crippen LogP contribution in [-0.4, -0.2) is 53.3 Å². The second-order valence-electron chi connectivity index (χ2n) is 15.3. The monoisotopic (exact) mass is 850 g/mol. The molecule has 2 aromatic heterocycles. The van der Waals surface area contributed by atoms with Gasteiger partial charge in [0.2, 0.25) is 0 Å². The van der Waals surface area contributed by atoms with E-state index >= 15 is 0 Å². The van der Waals surface area contributed by atoms with Gasteiger partial charge in [-0.2, -0.15) is 0 Å². The number of aromatic nitrogens is 6. The van der Waals surface area contributed by atoms with Gasteiger partial charge in [-0.15, -0.1) is 0 Å². The number of benzene rings is 6. The SMILES string of the molecule is CCCCCCOc1ccc(-c2nc(-c3ccccc3)nc(-c3ccccc3)n2)c(O)c1.CCCCCCOc1ccc(-c2nc(-c3ccccc3)nc(-c3ccccc3)n2)c(O)c1. The van der Waals surface area contributed by atoms with E-state index in [-0.39, 0.29) is 11.5 Å². The molecule has 0 aliphatic carbocycles. The molecule has 324 valence electrons. The first-order valence-corrected chi connectivity index (χ1v) is 22.1. The quantitative estimate of drug-likeness (QED) is 0.0803. The van der Waals surface area contributed by atoms with Gasteiger partial charge in [-0.25, -0.2) is 29.9 Å². The van der Waals surface area contributed by atoms with Crippen LogP contribution in [0.4, 0.5) is 0 Å². The van der Waals surface area contributed by atoms with Gasteiger partial charge in [0.25, 0.3) is 0 Å². The topological polar surface area (TPSA) is 136 Å². The van der Waals surface area contributed by atoms with E-state index < -0.39 is 0 Å². The van der Waals surface area contributed by atoms with Gasteiger partial charge in [0.05, 0.1) is 24.3 Å². The van der Waals surface area contributed by atoms with Gasteiger partial charge in [0.15, 0.2) is 34.9 Å². The highest BCUT2D eigenvalue weighted by atomic mass is 16.5. The lowest BCUT2D eigenvalue weighted by molar-refractivity contribution is 0.303. The van der Waals surface area contributed by atoms with Crippen molar-refractivity contribution in [2.45, 2.75) is 65.2 Å². The number of phenolic OH excluding ortho intramolecular Hbond substituents is 2. The molecule has 10 heteroatoms. The molecule has 0 amide bonds. The second-order valence-corrected chi connectivity index (χ2v) is 15.3. The average Bonchev–Trinajstić information content (AvgIpc) is 3.35. The molecule has 2 N–H and O–H groups in total. The van der Waals surface area contributed by atoms with Crippen LogP contribution < -0.4 is 9.47 Å². The molecule has 0 fully saturated rings. The first-order valence-electron chi connectivity index (χ1n) is 22.1. The van der Waals surface area contributed by atoms with Crippen molar-refractivity contribution in [1.29, 1.82) is 0 Å². The van der Waals surface area contributed by atoms with Crippen LogP contribution in [0.1, 0.15) is 65.2 Å². The Morgan fingerprint density at radius 1 is 0.344 bits per heavy atom. The molecule has 10 nitrogen and oxygen atoms in total. The normalized spacial score (nSPS) is 10.8. The van der Waals surface area contributed by atoms with Crippen LogP contribution in [0.5, 0.6) is 23.0 Å². The van der Waals surface area contributed by atoms with Crippen molar-refractivity contribution in [1.82, 2.24) is 29.9 Å². The Kier molecular flexibility index (Phi) is 16.1. The summed E-state index contributed by atoms with van der Waals surface area (Å²) in [4.78, 5) is 28.0. The Balaban J connectivity index is 0.000000191. The summed E-state index contributed by atoms with van der Waals surface area (Å²) in [7, 11) is 0. The van der Waals surface area contributed by atoms with Gasteiger partial charge in [-0.1, -0.05) is 174 Å². The smallest absolute Gasteiger partial charge is 0.167 e. The maximum atomic E-state index is 10.7. The minimum absolute atomic E-state index is 0.0836. The minimum Gasteiger partial charge on any atom is -0.507 e. The van der Waals surface area contributed by atoms with Gasteiger partial charge >= 0.3 is 0 Å². The van der Waals surface area contributed by atoms with E-state index in [0.717, 1.165) is 47.9 Å². The van der Waals surface area contributed by atoms with Crippen LogP contribution >= 0.6 is 0 Å². The fourth-order valence-corrected chi connectivity index (χ4v) is 6.88. The minimum atomic E-state index is 0.0836. The van der Waals surface area contributed by atoms with Crippen LogP contribution in [0.15, 0.2) is 158 Å². The molecule has 0 aliphatic heterocycles. The molecule has 0 spiro atoms. The van der Waals surface area contributed by atoms with Crippen molar-refractivity contribution in [3.8, 4) is 91.3 Å². The number of phenols is 2. The van der Waals surface area contributed by atoms with Crippen LogP contribution in [0.3, 0.4) is 0 Å². The third-order valence-corrected chi connectivity index (χ3v) is 10.4. The van der Waals surface area contributed by atoms with E-state index in [2.05, 4.69) is 43.8 Å². The molecule has 0 unspecified atom stereocenters. The molecular formula is C54H54N6O4. The molecule has 2 heterocycles. The molecule has 0 radical (unpaired) electrons. The first-order chi connectivity index (χ1) is 31.5. The lowest BCUT2D eigenvalue weighted by atomic mass is 10.1. The van der Waals surface area contributed by atoms with Crippen LogP contribution in [0.25, 0.3) is 68.3 Å². The number of hydrogen-bond donors (Lipinski definition) is 2. The second kappa shape index (κ2) is 23.1. The van der Waals surface area contributed by atoms with Crippen LogP contribution in [0.2, 0.25) is 0 Å². The summed E-state index contributed by atoms with van der Waals surface area (Å²) >= 11 is 0. The Morgan fingerprint density at radius 3 is 0.922 bits per heavy atom. The van der Waals surface area contributed by atoms with Gasteiger partial charge < -0.3 is 19.7 Å². The lowest BCUT2D eigenvalue weighted by Crippen LogP contribution is -2.01. The maximum absolute atomic E-state index is 10.7. The molecule has 0 bridgehead atoms. The van der Waals surface area contributed by atoms with Gasteiger partial charge in [-0.3, -0.25) is 0 Å². The lowest BCUT2D eigenvalue weighted by Gasteiger charge is -2.11. The van der Waals surface area contributed by atoms with E-state index in [1.165, 1.54) is 25.7 Å². The van der Waals surface area contributed by atoms with Crippen LogP contribution in [-0.2, 0) is 0 Å². The molecule has 0 aliphatic rings. The summed E-state index contributed by atoms with van der Waals surface area (Å²) in [6.07, 6.45) is 9.11. The van der Waals surface area contributed by atoms with E-state index in [1.807, 2.05) is 133 Å². The highest BCUT2D eigenvalue weighted by molar-refractivity contribution is 5.72. The molecule has 8 rings (SSSR count). The molecule has 0 atom stereocenters. The predicted octanol–water partition coefficient (Wildman–Crippen LogP) is 13.1. The van der Waals surface area contributed by atoms with E-state index in [0.29, 0.717) is 70.8 Å². The Bertz CT molecular complexity index is 2370. The zero-order chi connectivity index (χ0) is 44.4. The fraction of sp³-hybridized carbons (Fsp3) is 0.222. The Morgan fingerprint density at radius 2 is 0.641 bits per heavy atom. The first kappa shape index (κ1) is 44.6. The summed E-state index contributed by atoms with van der Waals surface area (Å²) in [6, 6.07) is 49.7. The Labute approximate surface area is 375 Å². The molecule has 8 aromatic rings. The van der Waals surface area contributed by atoms with Gasteiger partial charge in [0, 0.05) is 34.4 Å². The number of rotatable bonds is 18. The Hall–Kier alpha value is -7.46. The summed E-state index contributed by atoms with van der Waals surface area (Å²) in [6.45, 7) is 5.65. The number of unbranched alkanes of at least 4 members (excludes halogenated alkanes) is 6. The standard InChI is InChI=1S/2C27H27N3O2/c2*1-2-3-4-11-18-32-22-16-17-23(24(31)19-22)27-29-25(20-12-7-5-8-13-20)28-26(30-27)21-14-9-6-10-15-21/h2*5-10,12-17,19,31H,2-4,11,18H2,1H3. The average molecular weight is 851 g/mol. The summed E-state index contributed by atoms with van der Waals surface area (Å²) in [5.74, 6) is 4.53. The number of hydrogen-bond acceptors (Lipinski definition) is 10. The maximum Gasteiger partial charge on any atom is 0.167 e. The van der Waals surface area contributed by atoms with E-state index in [9.17, 15) is 10.2 Å². The zero-order valence-electron chi connectivity index (χ0n) is 36.5. The van der Waals surface area contributed by atoms with Crippen molar-refractivity contribution in [2.24, 2.45) is 0 Å². The van der Waals surface area contributed by atoms with Crippen molar-refractivity contribution >= 4 is 0 Å². The highest BCUT2D eigenvalue weighted by Gasteiger charge is 2.17. The number of ether oxygens (including phenoxy) is 2. The third kappa shape index (κ3) is 12.3. The highest BCUT2D eigenvalue weighted by Crippen LogP contribution is 2.34. The van der Waals surface area contributed by atoms with Crippen molar-refractivity contribution in [3.63, 3.8) is 0 Å². The molecule has 64 heavy (non-hydrogen) atoms. The number of aromatic hydroxyl groups is 2. The zero-order valence-corrected chi connectivity index (χ0v) is 36.5. The molecule has 0 saturated heterocycles. The van der Waals surface area contributed by atoms with Crippen molar-refractivity contribution < 1.29 is 19.7 Å². The van der Waals surface area contributed by atoms with Crippen molar-refractivity contribution in [3.05, 3.63) is 158 Å². The molecule has 6 aromatic carbocycles. The summed E-state index contributed by atoms with van der Waals surface area (Å²) in [5.41, 5.74) is 4.64. The summed E-state index contributed by atoms with van der Waals surface area (Å²) in [5, 5.41) is 21.5. The molecular weight excluding hydrogens is 797 g/mol. The predicted molar refractivity (Wildman–Crippen MR) is 255 cm³/mol. The number of nitrogens with zero attached hydrogens (tertiary/aromatic N) is 6. The van der Waals surface area contributed by atoms with E-state index in [4.69, 9.17) is 9.47 Å². The molecule has 0 saturated carbocycles.